The number of hydrogen-bond donors (Lipinski definition) is 2. The summed E-state index contributed by atoms with van der Waals surface area (Å²) in [5, 5.41) is 5.08. The summed E-state index contributed by atoms with van der Waals surface area (Å²) in [7, 11) is -3.58. The highest BCUT2D eigenvalue weighted by Gasteiger charge is 2.38. The van der Waals surface area contributed by atoms with Crippen molar-refractivity contribution in [1.29, 1.82) is 0 Å². The van der Waals surface area contributed by atoms with Crippen LogP contribution in [-0.4, -0.2) is 38.5 Å². The molecule has 0 aromatic carbocycles. The third-order valence-electron chi connectivity index (χ3n) is 4.41. The quantitative estimate of drug-likeness (QED) is 0.802. The van der Waals surface area contributed by atoms with Gasteiger partial charge in [0.05, 0.1) is 0 Å². The Morgan fingerprint density at radius 2 is 1.56 bits per heavy atom. The highest BCUT2D eigenvalue weighted by molar-refractivity contribution is 7.87. The van der Waals surface area contributed by atoms with Crippen LogP contribution < -0.4 is 9.86 Å². The molecular formula is C12H25N3O2S. The molecule has 0 atom stereocenters. The van der Waals surface area contributed by atoms with Gasteiger partial charge in [0.1, 0.15) is 0 Å². The van der Waals surface area contributed by atoms with E-state index < -0.39 is 10.2 Å². The van der Waals surface area contributed by atoms with Crippen molar-refractivity contribution < 1.29 is 8.42 Å². The van der Waals surface area contributed by atoms with E-state index in [1.54, 1.807) is 0 Å². The van der Waals surface area contributed by atoms with Crippen LogP contribution in [0.1, 0.15) is 51.4 Å². The van der Waals surface area contributed by atoms with Crippen LogP contribution in [0, 0.1) is 0 Å². The SMILES string of the molecule is NS(=O)(=O)NCC1(N2CCCCC2)CCCCC1. The first kappa shape index (κ1) is 14.2. The topological polar surface area (TPSA) is 75.4 Å². The molecule has 0 aromatic rings. The molecule has 0 unspecified atom stereocenters. The normalized spacial score (nSPS) is 26.1. The van der Waals surface area contributed by atoms with Crippen molar-refractivity contribution in [2.75, 3.05) is 19.6 Å². The van der Waals surface area contributed by atoms with Crippen LogP contribution in [0.15, 0.2) is 0 Å². The number of likely N-dealkylation sites (tertiary alicyclic amines) is 1. The van der Waals surface area contributed by atoms with Crippen molar-refractivity contribution in [2.24, 2.45) is 5.14 Å². The molecule has 0 amide bonds. The van der Waals surface area contributed by atoms with Crippen LogP contribution >= 0.6 is 0 Å². The molecule has 1 saturated carbocycles. The fourth-order valence-corrected chi connectivity index (χ4v) is 3.89. The lowest BCUT2D eigenvalue weighted by Crippen LogP contribution is -2.58. The van der Waals surface area contributed by atoms with Crippen LogP contribution in [0.3, 0.4) is 0 Å². The lowest BCUT2D eigenvalue weighted by atomic mass is 9.79. The number of nitrogens with zero attached hydrogens (tertiary/aromatic N) is 1. The summed E-state index contributed by atoms with van der Waals surface area (Å²) in [6.07, 6.45) is 9.62. The summed E-state index contributed by atoms with van der Waals surface area (Å²) >= 11 is 0. The summed E-state index contributed by atoms with van der Waals surface area (Å²) in [6, 6.07) is 0. The van der Waals surface area contributed by atoms with E-state index in [1.807, 2.05) is 0 Å². The second kappa shape index (κ2) is 5.86. The Morgan fingerprint density at radius 1 is 1.00 bits per heavy atom. The monoisotopic (exact) mass is 275 g/mol. The molecule has 0 bridgehead atoms. The number of hydrogen-bond acceptors (Lipinski definition) is 3. The predicted octanol–water partition coefficient (Wildman–Crippen LogP) is 0.968. The molecule has 2 aliphatic rings. The molecule has 106 valence electrons. The Labute approximate surface area is 110 Å². The molecule has 0 spiro atoms. The molecule has 5 nitrogen and oxygen atoms in total. The molecule has 1 heterocycles. The third-order valence-corrected chi connectivity index (χ3v) is 4.96. The van der Waals surface area contributed by atoms with Gasteiger partial charge in [0.25, 0.3) is 10.2 Å². The zero-order valence-corrected chi connectivity index (χ0v) is 11.8. The van der Waals surface area contributed by atoms with Gasteiger partial charge >= 0.3 is 0 Å². The molecule has 6 heteroatoms. The van der Waals surface area contributed by atoms with Crippen molar-refractivity contribution in [2.45, 2.75) is 56.9 Å². The van der Waals surface area contributed by atoms with Gasteiger partial charge in [-0.1, -0.05) is 25.7 Å². The van der Waals surface area contributed by atoms with E-state index >= 15 is 0 Å². The minimum absolute atomic E-state index is 0.0190. The van der Waals surface area contributed by atoms with Crippen LogP contribution in [0.5, 0.6) is 0 Å². The lowest BCUT2D eigenvalue weighted by Gasteiger charge is -2.48. The maximum Gasteiger partial charge on any atom is 0.274 e. The summed E-state index contributed by atoms with van der Waals surface area (Å²) < 4.78 is 24.8. The molecule has 1 saturated heterocycles. The summed E-state index contributed by atoms with van der Waals surface area (Å²) in [4.78, 5) is 2.51. The molecule has 0 radical (unpaired) electrons. The van der Waals surface area contributed by atoms with Crippen molar-refractivity contribution in [3.05, 3.63) is 0 Å². The van der Waals surface area contributed by atoms with E-state index in [0.717, 1.165) is 25.9 Å². The van der Waals surface area contributed by atoms with Gasteiger partial charge in [-0.3, -0.25) is 4.90 Å². The zero-order chi connectivity index (χ0) is 13.1. The van der Waals surface area contributed by atoms with Crippen LogP contribution in [-0.2, 0) is 10.2 Å². The third kappa shape index (κ3) is 3.66. The minimum Gasteiger partial charge on any atom is -0.296 e. The van der Waals surface area contributed by atoms with Crippen molar-refractivity contribution >= 4 is 10.2 Å². The number of nitrogens with two attached hydrogens (primary N) is 1. The first-order valence-corrected chi connectivity index (χ1v) is 8.59. The van der Waals surface area contributed by atoms with Crippen molar-refractivity contribution in [3.8, 4) is 0 Å². The van der Waals surface area contributed by atoms with Gasteiger partial charge in [0, 0.05) is 12.1 Å². The van der Waals surface area contributed by atoms with E-state index in [9.17, 15) is 8.42 Å². The fourth-order valence-electron chi connectivity index (χ4n) is 3.42. The van der Waals surface area contributed by atoms with Gasteiger partial charge in [-0.15, -0.1) is 0 Å². The van der Waals surface area contributed by atoms with Gasteiger partial charge in [0.2, 0.25) is 0 Å². The minimum atomic E-state index is -3.58. The summed E-state index contributed by atoms with van der Waals surface area (Å²) in [5.74, 6) is 0. The number of piperidine rings is 1. The van der Waals surface area contributed by atoms with Crippen LogP contribution in [0.2, 0.25) is 0 Å². The van der Waals surface area contributed by atoms with Gasteiger partial charge < -0.3 is 0 Å². The van der Waals surface area contributed by atoms with Gasteiger partial charge in [-0.25, -0.2) is 9.86 Å². The summed E-state index contributed by atoms with van der Waals surface area (Å²) in [6.45, 7) is 2.68. The smallest absolute Gasteiger partial charge is 0.274 e. The molecular weight excluding hydrogens is 250 g/mol. The maximum absolute atomic E-state index is 11.1. The second-order valence-corrected chi connectivity index (χ2v) is 7.08. The average Bonchev–Trinajstić information content (AvgIpc) is 2.38. The first-order valence-electron chi connectivity index (χ1n) is 7.04. The van der Waals surface area contributed by atoms with Crippen LogP contribution in [0.25, 0.3) is 0 Å². The predicted molar refractivity (Wildman–Crippen MR) is 72.3 cm³/mol. The fraction of sp³-hybridized carbons (Fsp3) is 1.00. The zero-order valence-electron chi connectivity index (χ0n) is 11.0. The van der Waals surface area contributed by atoms with E-state index in [0.29, 0.717) is 6.54 Å². The molecule has 3 N–H and O–H groups in total. The van der Waals surface area contributed by atoms with Crippen LogP contribution in [0.4, 0.5) is 0 Å². The van der Waals surface area contributed by atoms with Gasteiger partial charge in [-0.2, -0.15) is 8.42 Å². The molecule has 2 rings (SSSR count). The molecule has 0 aromatic heterocycles. The lowest BCUT2D eigenvalue weighted by molar-refractivity contribution is 0.0376. The molecule has 1 aliphatic heterocycles. The van der Waals surface area contributed by atoms with E-state index in [4.69, 9.17) is 5.14 Å². The molecule has 1 aliphatic carbocycles. The van der Waals surface area contributed by atoms with E-state index in [-0.39, 0.29) is 5.54 Å². The molecule has 18 heavy (non-hydrogen) atoms. The summed E-state index contributed by atoms with van der Waals surface area (Å²) in [5.41, 5.74) is 0.0190. The number of rotatable bonds is 4. The first-order chi connectivity index (χ1) is 8.52. The Hall–Kier alpha value is -0.170. The van der Waals surface area contributed by atoms with E-state index in [2.05, 4.69) is 9.62 Å². The highest BCUT2D eigenvalue weighted by atomic mass is 32.2. The Kier molecular flexibility index (Phi) is 4.64. The standard InChI is InChI=1S/C12H25N3O2S/c13-18(16,17)14-11-12(7-3-1-4-8-12)15-9-5-2-6-10-15/h14H,1-11H2,(H2,13,16,17). The Balaban J connectivity index is 2.06. The average molecular weight is 275 g/mol. The highest BCUT2D eigenvalue weighted by Crippen LogP contribution is 2.35. The Morgan fingerprint density at radius 3 is 2.11 bits per heavy atom. The largest absolute Gasteiger partial charge is 0.296 e. The molecule has 2 fully saturated rings. The van der Waals surface area contributed by atoms with Gasteiger partial charge in [-0.05, 0) is 38.8 Å². The second-order valence-electron chi connectivity index (χ2n) is 5.70. The van der Waals surface area contributed by atoms with E-state index in [1.165, 1.54) is 38.5 Å². The maximum atomic E-state index is 11.1. The van der Waals surface area contributed by atoms with Crippen molar-refractivity contribution in [3.63, 3.8) is 0 Å². The van der Waals surface area contributed by atoms with Crippen molar-refractivity contribution in [1.82, 2.24) is 9.62 Å². The van der Waals surface area contributed by atoms with Gasteiger partial charge in [0.15, 0.2) is 0 Å². The Bertz CT molecular complexity index is 358. The number of nitrogens with one attached hydrogen (secondary N) is 1.